The van der Waals surface area contributed by atoms with Crippen molar-refractivity contribution in [3.05, 3.63) is 29.4 Å². The van der Waals surface area contributed by atoms with Gasteiger partial charge in [-0.05, 0) is 50.9 Å². The Bertz CT molecular complexity index is 934. The van der Waals surface area contributed by atoms with Crippen molar-refractivity contribution in [1.82, 2.24) is 9.80 Å². The number of piperazine rings is 1. The van der Waals surface area contributed by atoms with Gasteiger partial charge in [0.1, 0.15) is 5.82 Å². The third-order valence-electron chi connectivity index (χ3n) is 6.56. The Balaban J connectivity index is 1.16. The number of hydrogen-bond acceptors (Lipinski definition) is 6. The van der Waals surface area contributed by atoms with Crippen molar-refractivity contribution < 1.29 is 18.7 Å². The summed E-state index contributed by atoms with van der Waals surface area (Å²) in [5.41, 5.74) is 1.20. The third kappa shape index (κ3) is 5.41. The van der Waals surface area contributed by atoms with Gasteiger partial charge in [0.25, 0.3) is 0 Å². The van der Waals surface area contributed by atoms with E-state index < -0.39 is 0 Å². The molecule has 2 fully saturated rings. The molecule has 0 radical (unpaired) electrons. The van der Waals surface area contributed by atoms with Gasteiger partial charge in [-0.3, -0.25) is 14.5 Å². The van der Waals surface area contributed by atoms with Gasteiger partial charge in [-0.15, -0.1) is 11.3 Å². The summed E-state index contributed by atoms with van der Waals surface area (Å²) in [6.45, 7) is 8.29. The van der Waals surface area contributed by atoms with Crippen LogP contribution in [0.3, 0.4) is 0 Å². The molecule has 2 aromatic rings. The molecule has 32 heavy (non-hydrogen) atoms. The minimum atomic E-state index is -0.186. The number of thiophene rings is 1. The standard InChI is InChI=1S/C24H32FN3O3S/c1-2-31-24(30)18-7-10-28(11-8-18)23(29)4-3-9-26-12-14-27(15-13-26)21-17-32-22-16-19(25)5-6-20(21)22/h5-6,16-18H,2-4,7-15H2,1H3. The first-order valence-corrected chi connectivity index (χ1v) is 12.5. The molecule has 0 saturated carbocycles. The van der Waals surface area contributed by atoms with Crippen molar-refractivity contribution in [2.75, 3.05) is 57.3 Å². The predicted octanol–water partition coefficient (Wildman–Crippen LogP) is 3.74. The van der Waals surface area contributed by atoms with Crippen LogP contribution >= 0.6 is 11.3 Å². The number of anilines is 1. The molecule has 0 aliphatic carbocycles. The second-order valence-corrected chi connectivity index (χ2v) is 9.51. The van der Waals surface area contributed by atoms with Crippen molar-refractivity contribution in [3.63, 3.8) is 0 Å². The normalized spacial score (nSPS) is 18.3. The van der Waals surface area contributed by atoms with Crippen molar-refractivity contribution in [3.8, 4) is 0 Å². The van der Waals surface area contributed by atoms with Gasteiger partial charge in [-0.25, -0.2) is 4.39 Å². The van der Waals surface area contributed by atoms with E-state index >= 15 is 0 Å². The number of nitrogens with zero attached hydrogens (tertiary/aromatic N) is 3. The van der Waals surface area contributed by atoms with Gasteiger partial charge < -0.3 is 14.5 Å². The number of likely N-dealkylation sites (tertiary alicyclic amines) is 1. The summed E-state index contributed by atoms with van der Waals surface area (Å²) in [5, 5.41) is 3.26. The molecule has 0 spiro atoms. The SMILES string of the molecule is CCOC(=O)C1CCN(C(=O)CCCN2CCN(c3csc4cc(F)ccc34)CC2)CC1. The van der Waals surface area contributed by atoms with Gasteiger partial charge in [0.2, 0.25) is 5.91 Å². The highest BCUT2D eigenvalue weighted by atomic mass is 32.1. The lowest BCUT2D eigenvalue weighted by molar-refractivity contribution is -0.151. The van der Waals surface area contributed by atoms with Crippen molar-refractivity contribution in [1.29, 1.82) is 0 Å². The summed E-state index contributed by atoms with van der Waals surface area (Å²) < 4.78 is 19.5. The Hall–Kier alpha value is -2.19. The highest BCUT2D eigenvalue weighted by Gasteiger charge is 2.28. The van der Waals surface area contributed by atoms with Crippen LogP contribution in [0, 0.1) is 11.7 Å². The number of piperidine rings is 1. The number of halogens is 1. The molecular weight excluding hydrogens is 429 g/mol. The molecule has 4 rings (SSSR count). The average Bonchev–Trinajstić information content (AvgIpc) is 3.22. The highest BCUT2D eigenvalue weighted by Crippen LogP contribution is 2.34. The largest absolute Gasteiger partial charge is 0.466 e. The Morgan fingerprint density at radius 2 is 1.88 bits per heavy atom. The minimum absolute atomic E-state index is 0.0605. The summed E-state index contributed by atoms with van der Waals surface area (Å²) >= 11 is 1.59. The van der Waals surface area contributed by atoms with Crippen LogP contribution in [0.1, 0.15) is 32.6 Å². The molecule has 3 heterocycles. The summed E-state index contributed by atoms with van der Waals surface area (Å²) in [6.07, 6.45) is 2.83. The zero-order chi connectivity index (χ0) is 22.5. The highest BCUT2D eigenvalue weighted by molar-refractivity contribution is 7.17. The molecule has 2 aliphatic rings. The quantitative estimate of drug-likeness (QED) is 0.588. The average molecular weight is 462 g/mol. The van der Waals surface area contributed by atoms with Crippen LogP contribution < -0.4 is 4.90 Å². The molecule has 0 bridgehead atoms. The molecule has 2 saturated heterocycles. The lowest BCUT2D eigenvalue weighted by Gasteiger charge is -2.36. The monoisotopic (exact) mass is 461 g/mol. The van der Waals surface area contributed by atoms with Crippen LogP contribution in [-0.4, -0.2) is 74.1 Å². The predicted molar refractivity (Wildman–Crippen MR) is 126 cm³/mol. The number of esters is 1. The van der Waals surface area contributed by atoms with Crippen LogP contribution in [-0.2, 0) is 14.3 Å². The minimum Gasteiger partial charge on any atom is -0.466 e. The molecule has 1 amide bonds. The fraction of sp³-hybridized carbons (Fsp3) is 0.583. The number of rotatable bonds is 7. The Morgan fingerprint density at radius 3 is 2.59 bits per heavy atom. The summed E-state index contributed by atoms with van der Waals surface area (Å²) in [4.78, 5) is 31.1. The van der Waals surface area contributed by atoms with E-state index in [0.29, 0.717) is 39.0 Å². The molecule has 1 aromatic heterocycles. The summed E-state index contributed by atoms with van der Waals surface area (Å²) in [6, 6.07) is 5.02. The zero-order valence-electron chi connectivity index (χ0n) is 18.7. The van der Waals surface area contributed by atoms with Crippen LogP contribution in [0.4, 0.5) is 10.1 Å². The maximum absolute atomic E-state index is 13.5. The lowest BCUT2D eigenvalue weighted by atomic mass is 9.96. The maximum Gasteiger partial charge on any atom is 0.309 e. The zero-order valence-corrected chi connectivity index (χ0v) is 19.5. The Kier molecular flexibility index (Phi) is 7.63. The first-order chi connectivity index (χ1) is 15.5. The van der Waals surface area contributed by atoms with Crippen LogP contribution in [0.25, 0.3) is 10.1 Å². The molecule has 174 valence electrons. The number of benzene rings is 1. The van der Waals surface area contributed by atoms with E-state index in [-0.39, 0.29) is 23.6 Å². The smallest absolute Gasteiger partial charge is 0.309 e. The molecule has 1 aromatic carbocycles. The molecule has 6 nitrogen and oxygen atoms in total. The van der Waals surface area contributed by atoms with Crippen molar-refractivity contribution >= 4 is 39.0 Å². The number of amides is 1. The molecule has 0 unspecified atom stereocenters. The van der Waals surface area contributed by atoms with E-state index in [2.05, 4.69) is 15.2 Å². The van der Waals surface area contributed by atoms with Crippen LogP contribution in [0.5, 0.6) is 0 Å². The molecule has 2 aliphatic heterocycles. The van der Waals surface area contributed by atoms with Gasteiger partial charge in [-0.2, -0.15) is 0 Å². The topological polar surface area (TPSA) is 53.1 Å². The summed E-state index contributed by atoms with van der Waals surface area (Å²) in [5.74, 6) is -0.174. The first-order valence-electron chi connectivity index (χ1n) is 11.6. The lowest BCUT2D eigenvalue weighted by Crippen LogP contribution is -2.46. The molecule has 0 N–H and O–H groups in total. The maximum atomic E-state index is 13.5. The van der Waals surface area contributed by atoms with E-state index in [1.54, 1.807) is 17.4 Å². The number of carbonyl (C=O) groups excluding carboxylic acids is 2. The second-order valence-electron chi connectivity index (χ2n) is 8.60. The summed E-state index contributed by atoms with van der Waals surface area (Å²) in [7, 11) is 0. The van der Waals surface area contributed by atoms with Crippen LogP contribution in [0.2, 0.25) is 0 Å². The number of ether oxygens (including phenoxy) is 1. The fourth-order valence-corrected chi connectivity index (χ4v) is 5.68. The van der Waals surface area contributed by atoms with Crippen molar-refractivity contribution in [2.24, 2.45) is 5.92 Å². The van der Waals surface area contributed by atoms with Gasteiger partial charge in [0.05, 0.1) is 18.2 Å². The number of fused-ring (bicyclic) bond motifs is 1. The van der Waals surface area contributed by atoms with E-state index in [1.165, 1.54) is 11.8 Å². The molecular formula is C24H32FN3O3S. The Morgan fingerprint density at radius 1 is 1.12 bits per heavy atom. The second kappa shape index (κ2) is 10.6. The number of hydrogen-bond donors (Lipinski definition) is 0. The molecule has 8 heteroatoms. The van der Waals surface area contributed by atoms with E-state index in [1.807, 2.05) is 17.9 Å². The first kappa shape index (κ1) is 23.0. The number of carbonyl (C=O) groups is 2. The fourth-order valence-electron chi connectivity index (χ4n) is 4.68. The van der Waals surface area contributed by atoms with E-state index in [9.17, 15) is 14.0 Å². The van der Waals surface area contributed by atoms with Crippen molar-refractivity contribution in [2.45, 2.75) is 32.6 Å². The Labute approximate surface area is 192 Å². The van der Waals surface area contributed by atoms with E-state index in [0.717, 1.165) is 49.2 Å². The van der Waals surface area contributed by atoms with Gasteiger partial charge in [0, 0.05) is 61.2 Å². The molecule has 0 atom stereocenters. The van der Waals surface area contributed by atoms with Gasteiger partial charge in [-0.1, -0.05) is 0 Å². The van der Waals surface area contributed by atoms with Crippen LogP contribution in [0.15, 0.2) is 23.6 Å². The van der Waals surface area contributed by atoms with Gasteiger partial charge in [0.15, 0.2) is 0 Å². The van der Waals surface area contributed by atoms with Gasteiger partial charge >= 0.3 is 5.97 Å². The van der Waals surface area contributed by atoms with E-state index in [4.69, 9.17) is 4.74 Å². The third-order valence-corrected chi connectivity index (χ3v) is 7.50.